The Kier molecular flexibility index (Phi) is 4.27. The first-order chi connectivity index (χ1) is 9.11. The number of hydrogen-bond acceptors (Lipinski definition) is 4. The van der Waals surface area contributed by atoms with Crippen LogP contribution in [0, 0.1) is 5.92 Å². The Morgan fingerprint density at radius 3 is 2.68 bits per heavy atom. The van der Waals surface area contributed by atoms with Crippen molar-refractivity contribution < 1.29 is 14.7 Å². The monoisotopic (exact) mass is 264 g/mol. The Morgan fingerprint density at radius 1 is 1.42 bits per heavy atom. The first kappa shape index (κ1) is 13.7. The van der Waals surface area contributed by atoms with E-state index in [-0.39, 0.29) is 0 Å². The van der Waals surface area contributed by atoms with Crippen molar-refractivity contribution in [3.8, 4) is 0 Å². The van der Waals surface area contributed by atoms with Crippen LogP contribution in [0.15, 0.2) is 18.2 Å². The lowest BCUT2D eigenvalue weighted by Gasteiger charge is -2.33. The molecule has 0 saturated carbocycles. The minimum Gasteiger partial charge on any atom is -0.478 e. The molecule has 2 N–H and O–H groups in total. The predicted molar refractivity (Wildman–Crippen MR) is 74.6 cm³/mol. The number of piperidine rings is 1. The third kappa shape index (κ3) is 3.17. The highest BCUT2D eigenvalue weighted by atomic mass is 16.6. The first-order valence-electron chi connectivity index (χ1n) is 6.53. The van der Waals surface area contributed by atoms with Gasteiger partial charge in [-0.25, -0.2) is 4.79 Å². The zero-order valence-electron chi connectivity index (χ0n) is 11.3. The van der Waals surface area contributed by atoms with Gasteiger partial charge in [-0.1, -0.05) is 6.92 Å². The van der Waals surface area contributed by atoms with E-state index in [0.717, 1.165) is 37.5 Å². The smallest absolute Gasteiger partial charge is 0.337 e. The van der Waals surface area contributed by atoms with Crippen LogP contribution in [0.4, 0.5) is 11.4 Å². The molecule has 1 aliphatic heterocycles. The van der Waals surface area contributed by atoms with Crippen LogP contribution in [0.2, 0.25) is 0 Å². The number of aromatic carboxylic acids is 1. The van der Waals surface area contributed by atoms with E-state index < -0.39 is 5.97 Å². The number of carboxylic acids is 1. The molecule has 0 unspecified atom stereocenters. The van der Waals surface area contributed by atoms with Crippen molar-refractivity contribution in [3.05, 3.63) is 23.8 Å². The van der Waals surface area contributed by atoms with E-state index in [1.165, 1.54) is 7.11 Å². The van der Waals surface area contributed by atoms with E-state index in [2.05, 4.69) is 17.3 Å². The standard InChI is InChI=1S/C14H20N2O3/c1-10-5-7-16(8-6-10)13-4-3-11(15-19-2)9-12(13)14(17)18/h3-4,9-10,15H,5-8H2,1-2H3,(H,17,18). The summed E-state index contributed by atoms with van der Waals surface area (Å²) < 4.78 is 0. The molecule has 0 bridgehead atoms. The molecule has 1 fully saturated rings. The summed E-state index contributed by atoms with van der Waals surface area (Å²) in [7, 11) is 1.50. The molecule has 1 aromatic rings. The van der Waals surface area contributed by atoms with E-state index in [1.807, 2.05) is 12.1 Å². The molecule has 1 aromatic carbocycles. The summed E-state index contributed by atoms with van der Waals surface area (Å²) in [5.74, 6) is -0.188. The first-order valence-corrected chi connectivity index (χ1v) is 6.53. The van der Waals surface area contributed by atoms with Gasteiger partial charge in [0.2, 0.25) is 0 Å². The molecule has 0 aromatic heterocycles. The number of carboxylic acid groups (broad SMARTS) is 1. The Hall–Kier alpha value is -1.75. The van der Waals surface area contributed by atoms with Gasteiger partial charge in [0.15, 0.2) is 0 Å². The minimum absolute atomic E-state index is 0.316. The quantitative estimate of drug-likeness (QED) is 0.818. The second-order valence-corrected chi connectivity index (χ2v) is 5.01. The van der Waals surface area contributed by atoms with Crippen LogP contribution in [0.3, 0.4) is 0 Å². The molecule has 19 heavy (non-hydrogen) atoms. The second-order valence-electron chi connectivity index (χ2n) is 5.01. The van der Waals surface area contributed by atoms with Crippen molar-refractivity contribution in [2.75, 3.05) is 30.6 Å². The SMILES string of the molecule is CONc1ccc(N2CCC(C)CC2)c(C(=O)O)c1. The Morgan fingerprint density at radius 2 is 2.11 bits per heavy atom. The number of benzene rings is 1. The maximum absolute atomic E-state index is 11.4. The van der Waals surface area contributed by atoms with E-state index in [0.29, 0.717) is 11.3 Å². The molecule has 0 aliphatic carbocycles. The molecule has 0 atom stereocenters. The summed E-state index contributed by atoms with van der Waals surface area (Å²) >= 11 is 0. The summed E-state index contributed by atoms with van der Waals surface area (Å²) in [6.45, 7) is 4.07. The van der Waals surface area contributed by atoms with E-state index >= 15 is 0 Å². The third-order valence-corrected chi connectivity index (χ3v) is 3.57. The van der Waals surface area contributed by atoms with Gasteiger partial charge in [-0.3, -0.25) is 10.3 Å². The topological polar surface area (TPSA) is 61.8 Å². The van der Waals surface area contributed by atoms with Gasteiger partial charge in [0.05, 0.1) is 24.0 Å². The van der Waals surface area contributed by atoms with Gasteiger partial charge in [0, 0.05) is 13.1 Å². The molecule has 1 heterocycles. The molecular weight excluding hydrogens is 244 g/mol. The number of rotatable bonds is 4. The molecule has 1 saturated heterocycles. The third-order valence-electron chi connectivity index (χ3n) is 3.57. The second kappa shape index (κ2) is 5.93. The molecular formula is C14H20N2O3. The highest BCUT2D eigenvalue weighted by Gasteiger charge is 2.21. The number of carbonyl (C=O) groups is 1. The Bertz CT molecular complexity index is 454. The molecule has 5 heteroatoms. The zero-order chi connectivity index (χ0) is 13.8. The van der Waals surface area contributed by atoms with Gasteiger partial charge < -0.3 is 10.0 Å². The van der Waals surface area contributed by atoms with Crippen molar-refractivity contribution in [2.45, 2.75) is 19.8 Å². The fourth-order valence-corrected chi connectivity index (χ4v) is 2.41. The zero-order valence-corrected chi connectivity index (χ0v) is 11.3. The summed E-state index contributed by atoms with van der Waals surface area (Å²) in [6, 6.07) is 5.29. The van der Waals surface area contributed by atoms with Crippen LogP contribution in [-0.2, 0) is 4.84 Å². The van der Waals surface area contributed by atoms with Crippen molar-refractivity contribution in [1.29, 1.82) is 0 Å². The average molecular weight is 264 g/mol. The fraction of sp³-hybridized carbons (Fsp3) is 0.500. The summed E-state index contributed by atoms with van der Waals surface area (Å²) in [5, 5.41) is 9.35. The van der Waals surface area contributed by atoms with E-state index in [4.69, 9.17) is 4.84 Å². The predicted octanol–water partition coefficient (Wildman–Crippen LogP) is 2.59. The summed E-state index contributed by atoms with van der Waals surface area (Å²) in [4.78, 5) is 18.3. The highest BCUT2D eigenvalue weighted by molar-refractivity contribution is 5.95. The van der Waals surface area contributed by atoms with Crippen LogP contribution in [-0.4, -0.2) is 31.3 Å². The van der Waals surface area contributed by atoms with Crippen molar-refractivity contribution >= 4 is 17.3 Å². The molecule has 1 aliphatic rings. The lowest BCUT2D eigenvalue weighted by Crippen LogP contribution is -2.33. The molecule has 104 valence electrons. The molecule has 0 amide bonds. The van der Waals surface area contributed by atoms with Gasteiger partial charge in [-0.15, -0.1) is 0 Å². The number of hydrogen-bond donors (Lipinski definition) is 2. The van der Waals surface area contributed by atoms with Crippen molar-refractivity contribution in [2.24, 2.45) is 5.92 Å². The van der Waals surface area contributed by atoms with E-state index in [1.54, 1.807) is 6.07 Å². The van der Waals surface area contributed by atoms with Crippen molar-refractivity contribution in [1.82, 2.24) is 0 Å². The van der Waals surface area contributed by atoms with Gasteiger partial charge >= 0.3 is 5.97 Å². The normalized spacial score (nSPS) is 16.4. The molecule has 2 rings (SSSR count). The maximum atomic E-state index is 11.4. The minimum atomic E-state index is -0.909. The lowest BCUT2D eigenvalue weighted by atomic mass is 9.98. The average Bonchev–Trinajstić information content (AvgIpc) is 2.40. The van der Waals surface area contributed by atoms with Gasteiger partial charge in [0.25, 0.3) is 0 Å². The Labute approximate surface area is 113 Å². The lowest BCUT2D eigenvalue weighted by molar-refractivity contribution is 0.0697. The van der Waals surface area contributed by atoms with Gasteiger partial charge in [-0.05, 0) is 37.0 Å². The molecule has 0 spiro atoms. The number of nitrogens with one attached hydrogen (secondary N) is 1. The van der Waals surface area contributed by atoms with Gasteiger partial charge in [0.1, 0.15) is 0 Å². The van der Waals surface area contributed by atoms with Crippen LogP contribution < -0.4 is 10.4 Å². The van der Waals surface area contributed by atoms with E-state index in [9.17, 15) is 9.90 Å². The van der Waals surface area contributed by atoms with Crippen LogP contribution >= 0.6 is 0 Å². The van der Waals surface area contributed by atoms with Crippen LogP contribution in [0.25, 0.3) is 0 Å². The van der Waals surface area contributed by atoms with Crippen molar-refractivity contribution in [3.63, 3.8) is 0 Å². The largest absolute Gasteiger partial charge is 0.478 e. The molecule has 5 nitrogen and oxygen atoms in total. The maximum Gasteiger partial charge on any atom is 0.337 e. The summed E-state index contributed by atoms with van der Waals surface area (Å²) in [5.41, 5.74) is 4.41. The van der Waals surface area contributed by atoms with Gasteiger partial charge in [-0.2, -0.15) is 0 Å². The number of anilines is 2. The highest BCUT2D eigenvalue weighted by Crippen LogP contribution is 2.28. The van der Waals surface area contributed by atoms with Crippen LogP contribution in [0.5, 0.6) is 0 Å². The fourth-order valence-electron chi connectivity index (χ4n) is 2.41. The van der Waals surface area contributed by atoms with Crippen LogP contribution in [0.1, 0.15) is 30.1 Å². The molecule has 0 radical (unpaired) electrons. The summed E-state index contributed by atoms with van der Waals surface area (Å²) in [6.07, 6.45) is 2.22. The Balaban J connectivity index is 2.26. The number of nitrogens with zero attached hydrogens (tertiary/aromatic N) is 1.